The average Bonchev–Trinajstić information content (AvgIpc) is 2.21. The highest BCUT2D eigenvalue weighted by Gasteiger charge is 2.13. The molecule has 0 saturated heterocycles. The number of hydrogen-bond donors (Lipinski definition) is 2. The molecular weight excluding hydrogens is 198 g/mol. The van der Waals surface area contributed by atoms with Gasteiger partial charge in [-0.2, -0.15) is 0 Å². The monoisotopic (exact) mass is 214 g/mol. The minimum absolute atomic E-state index is 0.0623. The molecule has 1 aromatic rings. The van der Waals surface area contributed by atoms with Crippen LogP contribution < -0.4 is 5.73 Å². The molecule has 0 saturated carbocycles. The number of anilines is 1. The van der Waals surface area contributed by atoms with Gasteiger partial charge in [0, 0.05) is 23.0 Å². The molecule has 1 rings (SSSR count). The number of nitrogens with one attached hydrogen (secondary N) is 1. The van der Waals surface area contributed by atoms with Crippen LogP contribution in [0.15, 0.2) is 12.1 Å². The Bertz CT molecular complexity index is 336. The van der Waals surface area contributed by atoms with Crippen molar-refractivity contribution in [2.24, 2.45) is 0 Å². The molecule has 0 bridgehead atoms. The van der Waals surface area contributed by atoms with Gasteiger partial charge in [-0.1, -0.05) is 19.9 Å². The summed E-state index contributed by atoms with van der Waals surface area (Å²) in [7, 11) is 0. The van der Waals surface area contributed by atoms with Gasteiger partial charge in [-0.05, 0) is 18.6 Å². The van der Waals surface area contributed by atoms with E-state index in [9.17, 15) is 8.78 Å². The zero-order valence-corrected chi connectivity index (χ0v) is 9.14. The van der Waals surface area contributed by atoms with Gasteiger partial charge in [-0.25, -0.2) is 8.78 Å². The van der Waals surface area contributed by atoms with E-state index in [2.05, 4.69) is 0 Å². The van der Waals surface area contributed by atoms with Crippen molar-refractivity contribution < 1.29 is 8.78 Å². The Kier molecular flexibility index (Phi) is 5.52. The number of nitrogen functional groups attached to an aromatic ring is 1. The van der Waals surface area contributed by atoms with Gasteiger partial charge >= 0.3 is 0 Å². The van der Waals surface area contributed by atoms with Crippen molar-refractivity contribution in [2.75, 3.05) is 5.73 Å². The fourth-order valence-corrected chi connectivity index (χ4v) is 1.19. The highest BCUT2D eigenvalue weighted by molar-refractivity contribution is 5.87. The molecule has 0 atom stereocenters. The van der Waals surface area contributed by atoms with Crippen LogP contribution in [0.4, 0.5) is 14.5 Å². The first-order chi connectivity index (χ1) is 7.07. The summed E-state index contributed by atoms with van der Waals surface area (Å²) in [5.74, 6) is 0. The lowest BCUT2D eigenvalue weighted by Crippen LogP contribution is -2.00. The predicted octanol–water partition coefficient (Wildman–Crippen LogP) is 3.54. The number of benzene rings is 1. The highest BCUT2D eigenvalue weighted by Crippen LogP contribution is 2.26. The molecule has 0 aliphatic rings. The summed E-state index contributed by atoms with van der Waals surface area (Å²) in [6, 6.07) is 2.69. The van der Waals surface area contributed by atoms with Crippen molar-refractivity contribution in [3.05, 3.63) is 28.8 Å². The van der Waals surface area contributed by atoms with E-state index in [4.69, 9.17) is 11.1 Å². The largest absolute Gasteiger partial charge is 0.398 e. The van der Waals surface area contributed by atoms with Gasteiger partial charge < -0.3 is 11.1 Å². The van der Waals surface area contributed by atoms with Crippen molar-refractivity contribution in [3.8, 4) is 0 Å². The van der Waals surface area contributed by atoms with Crippen molar-refractivity contribution in [1.82, 2.24) is 0 Å². The van der Waals surface area contributed by atoms with Gasteiger partial charge in [0.25, 0.3) is 6.43 Å². The van der Waals surface area contributed by atoms with Gasteiger partial charge in [0.1, 0.15) is 0 Å². The fourth-order valence-electron chi connectivity index (χ4n) is 1.19. The van der Waals surface area contributed by atoms with Crippen molar-refractivity contribution in [1.29, 1.82) is 5.41 Å². The third-order valence-corrected chi connectivity index (χ3v) is 1.97. The molecule has 0 amide bonds. The van der Waals surface area contributed by atoms with E-state index < -0.39 is 6.43 Å². The van der Waals surface area contributed by atoms with Crippen molar-refractivity contribution in [3.63, 3.8) is 0 Å². The van der Waals surface area contributed by atoms with Gasteiger partial charge in [0.15, 0.2) is 0 Å². The van der Waals surface area contributed by atoms with E-state index in [1.807, 2.05) is 13.8 Å². The lowest BCUT2D eigenvalue weighted by molar-refractivity contribution is 0.150. The van der Waals surface area contributed by atoms with Crippen molar-refractivity contribution in [2.45, 2.75) is 27.2 Å². The standard InChI is InChI=1S/C9H10F2N2.C2H6/c1-5-6(9(10)11)2-3-8(13)7(5)4-12;1-2/h2-4,9,12H,13H2,1H3;1-2H3. The van der Waals surface area contributed by atoms with E-state index in [1.165, 1.54) is 19.1 Å². The van der Waals surface area contributed by atoms with Crippen LogP contribution in [0.3, 0.4) is 0 Å². The molecule has 0 aromatic heterocycles. The van der Waals surface area contributed by atoms with Gasteiger partial charge in [-0.3, -0.25) is 0 Å². The number of hydrogen-bond acceptors (Lipinski definition) is 2. The number of rotatable bonds is 2. The minimum Gasteiger partial charge on any atom is -0.398 e. The summed E-state index contributed by atoms with van der Waals surface area (Å²) in [6.07, 6.45) is -1.52. The summed E-state index contributed by atoms with van der Waals surface area (Å²) in [5.41, 5.74) is 6.55. The molecule has 0 aliphatic carbocycles. The highest BCUT2D eigenvalue weighted by atomic mass is 19.3. The summed E-state index contributed by atoms with van der Waals surface area (Å²) in [5, 5.41) is 7.01. The van der Waals surface area contributed by atoms with E-state index in [1.54, 1.807) is 0 Å². The first-order valence-electron chi connectivity index (χ1n) is 4.75. The molecule has 0 unspecified atom stereocenters. The van der Waals surface area contributed by atoms with Crippen LogP contribution >= 0.6 is 0 Å². The van der Waals surface area contributed by atoms with E-state index >= 15 is 0 Å². The molecule has 1 aromatic carbocycles. The summed E-state index contributed by atoms with van der Waals surface area (Å²) in [6.45, 7) is 5.54. The predicted molar refractivity (Wildman–Crippen MR) is 59.8 cm³/mol. The molecule has 0 aliphatic heterocycles. The number of nitrogens with two attached hydrogens (primary N) is 1. The molecule has 84 valence electrons. The van der Waals surface area contributed by atoms with E-state index in [0.29, 0.717) is 16.8 Å². The van der Waals surface area contributed by atoms with Crippen molar-refractivity contribution >= 4 is 11.9 Å². The van der Waals surface area contributed by atoms with Crippen LogP contribution in [0.25, 0.3) is 0 Å². The molecule has 0 heterocycles. The van der Waals surface area contributed by atoms with Crippen LogP contribution in [0.5, 0.6) is 0 Å². The molecular formula is C11H16F2N2. The van der Waals surface area contributed by atoms with Crippen LogP contribution in [-0.2, 0) is 0 Å². The maximum Gasteiger partial charge on any atom is 0.264 e. The fraction of sp³-hybridized carbons (Fsp3) is 0.364. The average molecular weight is 214 g/mol. The Labute approximate surface area is 88.6 Å². The van der Waals surface area contributed by atoms with Crippen LogP contribution in [0, 0.1) is 12.3 Å². The molecule has 15 heavy (non-hydrogen) atoms. The second kappa shape index (κ2) is 6.11. The summed E-state index contributed by atoms with van der Waals surface area (Å²) in [4.78, 5) is 0. The third kappa shape index (κ3) is 3.01. The molecule has 0 spiro atoms. The minimum atomic E-state index is -2.51. The second-order valence-electron chi connectivity index (χ2n) is 2.73. The maximum absolute atomic E-state index is 12.4. The van der Waals surface area contributed by atoms with Gasteiger partial charge in [-0.15, -0.1) is 0 Å². The number of halogens is 2. The molecule has 4 heteroatoms. The zero-order valence-electron chi connectivity index (χ0n) is 9.14. The Morgan fingerprint density at radius 1 is 1.33 bits per heavy atom. The SMILES string of the molecule is CC.Cc1c(C(F)F)ccc(N)c1C=N. The van der Waals surface area contributed by atoms with Gasteiger partial charge in [0.2, 0.25) is 0 Å². The Balaban J connectivity index is 0.000000921. The Morgan fingerprint density at radius 3 is 2.27 bits per heavy atom. The topological polar surface area (TPSA) is 49.9 Å². The summed E-state index contributed by atoms with van der Waals surface area (Å²) < 4.78 is 24.7. The molecule has 0 radical (unpaired) electrons. The van der Waals surface area contributed by atoms with E-state index in [-0.39, 0.29) is 5.56 Å². The Hall–Kier alpha value is -1.45. The summed E-state index contributed by atoms with van der Waals surface area (Å²) >= 11 is 0. The van der Waals surface area contributed by atoms with Crippen LogP contribution in [0.1, 0.15) is 37.0 Å². The lowest BCUT2D eigenvalue weighted by Gasteiger charge is -2.09. The maximum atomic E-state index is 12.4. The second-order valence-corrected chi connectivity index (χ2v) is 2.73. The third-order valence-electron chi connectivity index (χ3n) is 1.97. The molecule has 2 nitrogen and oxygen atoms in total. The lowest BCUT2D eigenvalue weighted by atomic mass is 10.0. The molecule has 0 fully saturated rings. The van der Waals surface area contributed by atoms with Crippen LogP contribution in [0.2, 0.25) is 0 Å². The Morgan fingerprint density at radius 2 is 1.87 bits per heavy atom. The van der Waals surface area contributed by atoms with Gasteiger partial charge in [0.05, 0.1) is 0 Å². The normalized spacial score (nSPS) is 9.47. The molecule has 3 N–H and O–H groups in total. The first-order valence-corrected chi connectivity index (χ1v) is 4.75. The first kappa shape index (κ1) is 13.5. The number of alkyl halides is 2. The van der Waals surface area contributed by atoms with E-state index in [0.717, 1.165) is 6.21 Å². The smallest absolute Gasteiger partial charge is 0.264 e. The van der Waals surface area contributed by atoms with Crippen LogP contribution in [-0.4, -0.2) is 6.21 Å². The zero-order chi connectivity index (χ0) is 12.0. The quantitative estimate of drug-likeness (QED) is 0.574.